The Morgan fingerprint density at radius 1 is 1.40 bits per heavy atom. The highest BCUT2D eigenvalue weighted by atomic mass is 32.1. The van der Waals surface area contributed by atoms with Gasteiger partial charge in [-0.1, -0.05) is 13.3 Å². The van der Waals surface area contributed by atoms with E-state index in [0.29, 0.717) is 18.9 Å². The molecule has 20 heavy (non-hydrogen) atoms. The molecule has 0 atom stereocenters. The average Bonchev–Trinajstić information content (AvgIpc) is 2.92. The molecule has 0 spiro atoms. The molecule has 0 fully saturated rings. The van der Waals surface area contributed by atoms with Crippen molar-refractivity contribution < 1.29 is 5.11 Å². The molecule has 2 rings (SSSR count). The summed E-state index contributed by atoms with van der Waals surface area (Å²) in [4.78, 5) is 12.1. The van der Waals surface area contributed by atoms with Crippen LogP contribution < -0.4 is 11.3 Å². The zero-order chi connectivity index (χ0) is 14.4. The summed E-state index contributed by atoms with van der Waals surface area (Å²) in [6, 6.07) is 1.96. The lowest BCUT2D eigenvalue weighted by Gasteiger charge is -2.20. The van der Waals surface area contributed by atoms with Gasteiger partial charge in [0.15, 0.2) is 5.82 Å². The number of hydrazine groups is 1. The molecule has 0 radical (unpaired) electrons. The average molecular weight is 295 g/mol. The maximum absolute atomic E-state index is 9.14. The van der Waals surface area contributed by atoms with Gasteiger partial charge >= 0.3 is 0 Å². The zero-order valence-electron chi connectivity index (χ0n) is 11.7. The second-order valence-electron chi connectivity index (χ2n) is 4.63. The quantitative estimate of drug-likeness (QED) is 0.506. The van der Waals surface area contributed by atoms with Crippen LogP contribution in [-0.2, 0) is 6.54 Å². The van der Waals surface area contributed by atoms with E-state index in [0.717, 1.165) is 35.4 Å². The molecule has 0 aliphatic heterocycles. The van der Waals surface area contributed by atoms with E-state index in [1.165, 1.54) is 0 Å². The van der Waals surface area contributed by atoms with Crippen LogP contribution in [0.5, 0.6) is 0 Å². The van der Waals surface area contributed by atoms with Crippen molar-refractivity contribution in [2.24, 2.45) is 5.84 Å². The lowest BCUT2D eigenvalue weighted by Crippen LogP contribution is -2.28. The highest BCUT2D eigenvalue weighted by Gasteiger charge is 2.11. The van der Waals surface area contributed by atoms with E-state index in [4.69, 9.17) is 10.9 Å². The molecule has 0 amide bonds. The van der Waals surface area contributed by atoms with Crippen LogP contribution in [0.2, 0.25) is 0 Å². The molecule has 0 saturated heterocycles. The van der Waals surface area contributed by atoms with Crippen LogP contribution in [0.25, 0.3) is 10.2 Å². The maximum atomic E-state index is 9.14. The Hall–Kier alpha value is -1.28. The SMILES string of the molecule is CCCCN(CCO)Cc1nc(NN)c2ccsc2n1. The van der Waals surface area contributed by atoms with Crippen molar-refractivity contribution in [3.8, 4) is 0 Å². The van der Waals surface area contributed by atoms with Crippen LogP contribution in [0.3, 0.4) is 0 Å². The summed E-state index contributed by atoms with van der Waals surface area (Å²) in [5.74, 6) is 6.92. The number of nitrogens with two attached hydrogens (primary N) is 1. The van der Waals surface area contributed by atoms with Gasteiger partial charge in [-0.15, -0.1) is 11.3 Å². The first kappa shape index (κ1) is 15.1. The van der Waals surface area contributed by atoms with Crippen molar-refractivity contribution in [3.05, 3.63) is 17.3 Å². The normalized spacial score (nSPS) is 11.4. The number of nitrogens with zero attached hydrogens (tertiary/aromatic N) is 3. The predicted octanol–water partition coefficient (Wildman–Crippen LogP) is 1.57. The van der Waals surface area contributed by atoms with Crippen molar-refractivity contribution >= 4 is 27.4 Å². The van der Waals surface area contributed by atoms with Crippen molar-refractivity contribution in [3.63, 3.8) is 0 Å². The highest BCUT2D eigenvalue weighted by molar-refractivity contribution is 7.16. The molecule has 0 aliphatic rings. The molecule has 6 nitrogen and oxygen atoms in total. The molecular weight excluding hydrogens is 274 g/mol. The number of hydrogen-bond acceptors (Lipinski definition) is 7. The summed E-state index contributed by atoms with van der Waals surface area (Å²) in [5, 5.41) is 12.1. The summed E-state index contributed by atoms with van der Waals surface area (Å²) in [5.41, 5.74) is 2.63. The number of aliphatic hydroxyl groups is 1. The fraction of sp³-hybridized carbons (Fsp3) is 0.538. The van der Waals surface area contributed by atoms with Crippen LogP contribution in [0.15, 0.2) is 11.4 Å². The van der Waals surface area contributed by atoms with Crippen molar-refractivity contribution in [1.29, 1.82) is 0 Å². The standard InChI is InChI=1S/C13H21N5OS/c1-2-3-5-18(6-7-19)9-11-15-12(17-14)10-4-8-20-13(10)16-11/h4,8,19H,2-3,5-7,9,14H2,1H3,(H,15,16,17). The number of hydrogen-bond donors (Lipinski definition) is 3. The van der Waals surface area contributed by atoms with E-state index in [2.05, 4.69) is 27.2 Å². The molecule has 4 N–H and O–H groups in total. The second kappa shape index (κ2) is 7.49. The third-order valence-corrected chi connectivity index (χ3v) is 3.92. The third-order valence-electron chi connectivity index (χ3n) is 3.12. The number of aliphatic hydroxyl groups excluding tert-OH is 1. The van der Waals surface area contributed by atoms with Gasteiger partial charge in [-0.25, -0.2) is 15.8 Å². The molecule has 0 bridgehead atoms. The number of fused-ring (bicyclic) bond motifs is 1. The van der Waals surface area contributed by atoms with Crippen LogP contribution in [0.1, 0.15) is 25.6 Å². The van der Waals surface area contributed by atoms with Gasteiger partial charge in [0.1, 0.15) is 10.7 Å². The van der Waals surface area contributed by atoms with Gasteiger partial charge in [0.05, 0.1) is 18.5 Å². The fourth-order valence-electron chi connectivity index (χ4n) is 2.07. The van der Waals surface area contributed by atoms with E-state index in [1.807, 2.05) is 11.4 Å². The molecule has 7 heteroatoms. The Kier molecular flexibility index (Phi) is 5.66. The number of rotatable bonds is 8. The third kappa shape index (κ3) is 3.63. The maximum Gasteiger partial charge on any atom is 0.152 e. The second-order valence-corrected chi connectivity index (χ2v) is 5.52. The van der Waals surface area contributed by atoms with Crippen molar-refractivity contribution in [2.45, 2.75) is 26.3 Å². The van der Waals surface area contributed by atoms with Gasteiger partial charge in [0.25, 0.3) is 0 Å². The number of nitrogen functional groups attached to an aromatic ring is 1. The van der Waals surface area contributed by atoms with E-state index in [-0.39, 0.29) is 6.61 Å². The zero-order valence-corrected chi connectivity index (χ0v) is 12.5. The Morgan fingerprint density at radius 2 is 2.25 bits per heavy atom. The van der Waals surface area contributed by atoms with Gasteiger partial charge in [-0.05, 0) is 24.4 Å². The number of nitrogens with one attached hydrogen (secondary N) is 1. The summed E-state index contributed by atoms with van der Waals surface area (Å²) < 4.78 is 0. The predicted molar refractivity (Wildman–Crippen MR) is 82.5 cm³/mol. The van der Waals surface area contributed by atoms with Crippen LogP contribution in [-0.4, -0.2) is 39.7 Å². The van der Waals surface area contributed by atoms with Gasteiger partial charge < -0.3 is 10.5 Å². The minimum Gasteiger partial charge on any atom is -0.395 e. The molecule has 2 aromatic heterocycles. The number of thiophene rings is 1. The van der Waals surface area contributed by atoms with E-state index in [1.54, 1.807) is 11.3 Å². The minimum atomic E-state index is 0.146. The number of aromatic nitrogens is 2. The number of unbranched alkanes of at least 4 members (excludes halogenated alkanes) is 1. The first-order chi connectivity index (χ1) is 9.78. The smallest absolute Gasteiger partial charge is 0.152 e. The van der Waals surface area contributed by atoms with Crippen LogP contribution in [0, 0.1) is 0 Å². The molecule has 2 aromatic rings. The highest BCUT2D eigenvalue weighted by Crippen LogP contribution is 2.24. The Morgan fingerprint density at radius 3 is 2.95 bits per heavy atom. The molecule has 110 valence electrons. The summed E-state index contributed by atoms with van der Waals surface area (Å²) in [6.45, 7) is 4.50. The number of anilines is 1. The fourth-order valence-corrected chi connectivity index (χ4v) is 2.86. The van der Waals surface area contributed by atoms with Crippen LogP contribution in [0.4, 0.5) is 5.82 Å². The lowest BCUT2D eigenvalue weighted by atomic mass is 10.3. The summed E-state index contributed by atoms with van der Waals surface area (Å²) in [6.07, 6.45) is 2.23. The Balaban J connectivity index is 2.17. The van der Waals surface area contributed by atoms with Crippen LogP contribution >= 0.6 is 11.3 Å². The Bertz CT molecular complexity index is 545. The molecule has 0 aliphatic carbocycles. The molecular formula is C13H21N5OS. The van der Waals surface area contributed by atoms with E-state index >= 15 is 0 Å². The van der Waals surface area contributed by atoms with E-state index < -0.39 is 0 Å². The van der Waals surface area contributed by atoms with Gasteiger partial charge in [0.2, 0.25) is 0 Å². The topological polar surface area (TPSA) is 87.3 Å². The van der Waals surface area contributed by atoms with Crippen molar-refractivity contribution in [1.82, 2.24) is 14.9 Å². The lowest BCUT2D eigenvalue weighted by molar-refractivity contribution is 0.185. The van der Waals surface area contributed by atoms with Gasteiger partial charge in [0, 0.05) is 6.54 Å². The van der Waals surface area contributed by atoms with Gasteiger partial charge in [-0.2, -0.15) is 0 Å². The summed E-state index contributed by atoms with van der Waals surface area (Å²) in [7, 11) is 0. The van der Waals surface area contributed by atoms with E-state index in [9.17, 15) is 0 Å². The minimum absolute atomic E-state index is 0.146. The van der Waals surface area contributed by atoms with Gasteiger partial charge in [-0.3, -0.25) is 4.90 Å². The largest absolute Gasteiger partial charge is 0.395 e. The molecule has 0 aromatic carbocycles. The summed E-state index contributed by atoms with van der Waals surface area (Å²) >= 11 is 1.57. The molecule has 0 unspecified atom stereocenters. The monoisotopic (exact) mass is 295 g/mol. The molecule has 2 heterocycles. The Labute approximate surface area is 122 Å². The van der Waals surface area contributed by atoms with Crippen molar-refractivity contribution in [2.75, 3.05) is 25.1 Å². The first-order valence-corrected chi connectivity index (χ1v) is 7.70. The molecule has 0 saturated carbocycles. The first-order valence-electron chi connectivity index (χ1n) is 6.82.